The van der Waals surface area contributed by atoms with Crippen molar-refractivity contribution in [3.63, 3.8) is 0 Å². The van der Waals surface area contributed by atoms with Gasteiger partial charge in [0.05, 0.1) is 0 Å². The summed E-state index contributed by atoms with van der Waals surface area (Å²) in [5.41, 5.74) is 0.0914. The highest BCUT2D eigenvalue weighted by molar-refractivity contribution is 5.92. The SMILES string of the molecule is CC1CCC(NC(=O)c2ccc(=O)n(C)n2)CC1. The van der Waals surface area contributed by atoms with Gasteiger partial charge in [0.25, 0.3) is 11.5 Å². The van der Waals surface area contributed by atoms with Crippen LogP contribution >= 0.6 is 0 Å². The van der Waals surface area contributed by atoms with E-state index in [4.69, 9.17) is 0 Å². The van der Waals surface area contributed by atoms with Gasteiger partial charge < -0.3 is 5.32 Å². The van der Waals surface area contributed by atoms with Crippen molar-refractivity contribution in [2.45, 2.75) is 38.6 Å². The van der Waals surface area contributed by atoms with Crippen LogP contribution in [0.25, 0.3) is 0 Å². The fourth-order valence-electron chi connectivity index (χ4n) is 2.29. The van der Waals surface area contributed by atoms with Gasteiger partial charge in [0.15, 0.2) is 0 Å². The number of amides is 1. The Bertz CT molecular complexity index is 487. The number of carbonyl (C=O) groups excluding carboxylic acids is 1. The Morgan fingerprint density at radius 3 is 2.61 bits per heavy atom. The van der Waals surface area contributed by atoms with Crippen LogP contribution in [0.1, 0.15) is 43.1 Å². The molecule has 1 heterocycles. The lowest BCUT2D eigenvalue weighted by Gasteiger charge is -2.26. The summed E-state index contributed by atoms with van der Waals surface area (Å²) in [5.74, 6) is 0.568. The van der Waals surface area contributed by atoms with E-state index in [2.05, 4.69) is 17.3 Å². The van der Waals surface area contributed by atoms with Crippen LogP contribution in [0, 0.1) is 5.92 Å². The van der Waals surface area contributed by atoms with Gasteiger partial charge in [-0.2, -0.15) is 5.10 Å². The third-order valence-corrected chi connectivity index (χ3v) is 3.54. The molecule has 1 aromatic rings. The molecule has 1 saturated carbocycles. The topological polar surface area (TPSA) is 64.0 Å². The summed E-state index contributed by atoms with van der Waals surface area (Å²) >= 11 is 0. The Kier molecular flexibility index (Phi) is 3.79. The van der Waals surface area contributed by atoms with E-state index in [9.17, 15) is 9.59 Å². The number of nitrogens with zero attached hydrogens (tertiary/aromatic N) is 2. The van der Waals surface area contributed by atoms with Crippen LogP contribution in [0.5, 0.6) is 0 Å². The number of carbonyl (C=O) groups is 1. The molecule has 0 bridgehead atoms. The van der Waals surface area contributed by atoms with E-state index in [0.29, 0.717) is 5.69 Å². The number of nitrogens with one attached hydrogen (secondary N) is 1. The van der Waals surface area contributed by atoms with Crippen molar-refractivity contribution in [1.82, 2.24) is 15.1 Å². The fraction of sp³-hybridized carbons (Fsp3) is 0.615. The average molecular weight is 249 g/mol. The molecule has 0 aromatic carbocycles. The molecule has 1 amide bonds. The maximum Gasteiger partial charge on any atom is 0.271 e. The highest BCUT2D eigenvalue weighted by Gasteiger charge is 2.20. The summed E-state index contributed by atoms with van der Waals surface area (Å²) in [6.45, 7) is 2.24. The largest absolute Gasteiger partial charge is 0.348 e. The van der Waals surface area contributed by atoms with E-state index in [-0.39, 0.29) is 17.5 Å². The van der Waals surface area contributed by atoms with Crippen LogP contribution in [0.15, 0.2) is 16.9 Å². The summed E-state index contributed by atoms with van der Waals surface area (Å²) in [7, 11) is 1.54. The number of aryl methyl sites for hydroxylation is 1. The van der Waals surface area contributed by atoms with Crippen LogP contribution in [0.4, 0.5) is 0 Å². The van der Waals surface area contributed by atoms with E-state index in [1.165, 1.54) is 16.8 Å². The second kappa shape index (κ2) is 5.33. The van der Waals surface area contributed by atoms with Gasteiger partial charge in [-0.15, -0.1) is 0 Å². The standard InChI is InChI=1S/C13H19N3O2/c1-9-3-5-10(6-4-9)14-13(18)11-7-8-12(17)16(2)15-11/h7-10H,3-6H2,1-2H3,(H,14,18). The van der Waals surface area contributed by atoms with Crippen LogP contribution in [0.3, 0.4) is 0 Å². The molecule has 0 spiro atoms. The Morgan fingerprint density at radius 1 is 1.33 bits per heavy atom. The summed E-state index contributed by atoms with van der Waals surface area (Å²) in [5, 5.41) is 6.93. The second-order valence-electron chi connectivity index (χ2n) is 5.11. The first-order valence-electron chi connectivity index (χ1n) is 6.41. The number of hydrogen-bond acceptors (Lipinski definition) is 3. The van der Waals surface area contributed by atoms with E-state index in [0.717, 1.165) is 31.6 Å². The van der Waals surface area contributed by atoms with Crippen molar-refractivity contribution in [1.29, 1.82) is 0 Å². The zero-order valence-corrected chi connectivity index (χ0v) is 10.8. The van der Waals surface area contributed by atoms with Gasteiger partial charge in [-0.05, 0) is 37.7 Å². The van der Waals surface area contributed by atoms with Crippen LogP contribution < -0.4 is 10.9 Å². The molecule has 1 N–H and O–H groups in total. The van der Waals surface area contributed by atoms with Crippen molar-refractivity contribution in [3.8, 4) is 0 Å². The molecule has 5 heteroatoms. The lowest BCUT2D eigenvalue weighted by atomic mass is 9.87. The lowest BCUT2D eigenvalue weighted by Crippen LogP contribution is -2.38. The molecule has 1 fully saturated rings. The molecule has 5 nitrogen and oxygen atoms in total. The van der Waals surface area contributed by atoms with Crippen molar-refractivity contribution < 1.29 is 4.79 Å². The van der Waals surface area contributed by atoms with E-state index < -0.39 is 0 Å². The molecule has 98 valence electrons. The quantitative estimate of drug-likeness (QED) is 0.853. The third-order valence-electron chi connectivity index (χ3n) is 3.54. The molecule has 1 aliphatic carbocycles. The minimum absolute atomic E-state index is 0.190. The van der Waals surface area contributed by atoms with Crippen molar-refractivity contribution in [2.75, 3.05) is 0 Å². The number of hydrogen-bond donors (Lipinski definition) is 1. The molecule has 1 aliphatic rings. The smallest absolute Gasteiger partial charge is 0.271 e. The zero-order chi connectivity index (χ0) is 13.1. The lowest BCUT2D eigenvalue weighted by molar-refractivity contribution is 0.0915. The highest BCUT2D eigenvalue weighted by atomic mass is 16.2. The molecular weight excluding hydrogens is 230 g/mol. The first-order valence-corrected chi connectivity index (χ1v) is 6.41. The maximum atomic E-state index is 12.0. The molecule has 0 radical (unpaired) electrons. The molecule has 0 unspecified atom stereocenters. The fourth-order valence-corrected chi connectivity index (χ4v) is 2.29. The number of aromatic nitrogens is 2. The molecule has 1 aromatic heterocycles. The predicted molar refractivity (Wildman–Crippen MR) is 68.4 cm³/mol. The Hall–Kier alpha value is -1.65. The highest BCUT2D eigenvalue weighted by Crippen LogP contribution is 2.23. The van der Waals surface area contributed by atoms with E-state index in [1.54, 1.807) is 7.05 Å². The minimum atomic E-state index is -0.210. The first-order chi connectivity index (χ1) is 8.56. The van der Waals surface area contributed by atoms with E-state index >= 15 is 0 Å². The summed E-state index contributed by atoms with van der Waals surface area (Å²) in [4.78, 5) is 23.2. The summed E-state index contributed by atoms with van der Waals surface area (Å²) in [6.07, 6.45) is 4.37. The second-order valence-corrected chi connectivity index (χ2v) is 5.11. The van der Waals surface area contributed by atoms with Gasteiger partial charge in [-0.3, -0.25) is 9.59 Å². The van der Waals surface area contributed by atoms with Crippen molar-refractivity contribution in [2.24, 2.45) is 13.0 Å². The normalized spacial score (nSPS) is 23.7. The minimum Gasteiger partial charge on any atom is -0.348 e. The van der Waals surface area contributed by atoms with Crippen LogP contribution in [-0.4, -0.2) is 21.7 Å². The summed E-state index contributed by atoms with van der Waals surface area (Å²) < 4.78 is 1.18. The molecule has 2 rings (SSSR count). The Balaban J connectivity index is 1.99. The molecule has 0 aliphatic heterocycles. The molecule has 18 heavy (non-hydrogen) atoms. The maximum absolute atomic E-state index is 12.0. The predicted octanol–water partition coefficient (Wildman–Crippen LogP) is 1.09. The van der Waals surface area contributed by atoms with Crippen LogP contribution in [0.2, 0.25) is 0 Å². The zero-order valence-electron chi connectivity index (χ0n) is 10.8. The van der Waals surface area contributed by atoms with Gasteiger partial charge in [-0.25, -0.2) is 4.68 Å². The van der Waals surface area contributed by atoms with Gasteiger partial charge in [0.1, 0.15) is 5.69 Å². The van der Waals surface area contributed by atoms with E-state index in [1.807, 2.05) is 0 Å². The van der Waals surface area contributed by atoms with Crippen molar-refractivity contribution in [3.05, 3.63) is 28.2 Å². The monoisotopic (exact) mass is 249 g/mol. The summed E-state index contributed by atoms with van der Waals surface area (Å²) in [6, 6.07) is 3.08. The average Bonchev–Trinajstić information content (AvgIpc) is 2.35. The van der Waals surface area contributed by atoms with Gasteiger partial charge >= 0.3 is 0 Å². The first kappa shape index (κ1) is 12.8. The third kappa shape index (κ3) is 2.97. The van der Waals surface area contributed by atoms with Crippen molar-refractivity contribution >= 4 is 5.91 Å². The van der Waals surface area contributed by atoms with Gasteiger partial charge in [-0.1, -0.05) is 6.92 Å². The Morgan fingerprint density at radius 2 is 2.00 bits per heavy atom. The molecule has 0 atom stereocenters. The number of rotatable bonds is 2. The van der Waals surface area contributed by atoms with Gasteiger partial charge in [0.2, 0.25) is 0 Å². The molecular formula is C13H19N3O2. The molecule has 0 saturated heterocycles. The van der Waals surface area contributed by atoms with Crippen LogP contribution in [-0.2, 0) is 7.05 Å². The van der Waals surface area contributed by atoms with Gasteiger partial charge in [0, 0.05) is 19.2 Å². The Labute approximate surface area is 106 Å².